The Morgan fingerprint density at radius 2 is 1.73 bits per heavy atom. The van der Waals surface area contributed by atoms with Crippen molar-refractivity contribution in [1.82, 2.24) is 15.6 Å². The van der Waals surface area contributed by atoms with Gasteiger partial charge in [-0.15, -0.1) is 35.3 Å². The van der Waals surface area contributed by atoms with Gasteiger partial charge in [0.2, 0.25) is 0 Å². The van der Waals surface area contributed by atoms with Gasteiger partial charge in [0.15, 0.2) is 5.96 Å². The van der Waals surface area contributed by atoms with E-state index < -0.39 is 5.60 Å². The maximum atomic E-state index is 11.6. The number of aliphatic imine (C=N–C) groups is 1. The molecule has 7 heteroatoms. The number of hydrogen-bond donors (Lipinski definition) is 3. The van der Waals surface area contributed by atoms with Crippen molar-refractivity contribution in [2.75, 3.05) is 13.1 Å². The van der Waals surface area contributed by atoms with Crippen molar-refractivity contribution in [2.45, 2.75) is 32.4 Å². The van der Waals surface area contributed by atoms with Crippen LogP contribution in [0.5, 0.6) is 0 Å². The second kappa shape index (κ2) is 12.0. The highest BCUT2D eigenvalue weighted by atomic mass is 127. The molecule has 0 aliphatic rings. The highest BCUT2D eigenvalue weighted by Gasteiger charge is 2.29. The van der Waals surface area contributed by atoms with Crippen LogP contribution in [-0.4, -0.2) is 29.1 Å². The van der Waals surface area contributed by atoms with Crippen molar-refractivity contribution < 1.29 is 5.11 Å². The van der Waals surface area contributed by atoms with E-state index in [4.69, 9.17) is 0 Å². The first-order valence-electron chi connectivity index (χ1n) is 9.84. The average molecular weight is 536 g/mol. The van der Waals surface area contributed by atoms with E-state index in [1.165, 1.54) is 4.88 Å². The van der Waals surface area contributed by atoms with Gasteiger partial charge < -0.3 is 15.7 Å². The SMILES string of the molecule is CCNC(=NCc1ncc(C)s1)NCC(O)(Cc1ccccc1)c1ccccc1.I. The monoisotopic (exact) mass is 536 g/mol. The fourth-order valence-electron chi connectivity index (χ4n) is 3.14. The fourth-order valence-corrected chi connectivity index (χ4v) is 3.85. The zero-order valence-electron chi connectivity index (χ0n) is 17.3. The zero-order valence-corrected chi connectivity index (χ0v) is 20.5. The molecule has 2 aromatic carbocycles. The summed E-state index contributed by atoms with van der Waals surface area (Å²) in [4.78, 5) is 10.2. The van der Waals surface area contributed by atoms with Crippen LogP contribution in [0.2, 0.25) is 0 Å². The Kier molecular flexibility index (Phi) is 9.74. The van der Waals surface area contributed by atoms with Gasteiger partial charge in [-0.1, -0.05) is 60.7 Å². The van der Waals surface area contributed by atoms with Crippen molar-refractivity contribution in [1.29, 1.82) is 0 Å². The first kappa shape index (κ1) is 24.3. The molecule has 1 unspecified atom stereocenters. The lowest BCUT2D eigenvalue weighted by Crippen LogP contribution is -2.46. The van der Waals surface area contributed by atoms with Gasteiger partial charge in [0.05, 0.1) is 13.1 Å². The molecule has 0 spiro atoms. The summed E-state index contributed by atoms with van der Waals surface area (Å²) in [5.74, 6) is 0.669. The third-order valence-corrected chi connectivity index (χ3v) is 5.48. The number of nitrogens with one attached hydrogen (secondary N) is 2. The molecule has 3 N–H and O–H groups in total. The molecule has 3 aromatic rings. The first-order chi connectivity index (χ1) is 14.1. The lowest BCUT2D eigenvalue weighted by Gasteiger charge is -2.30. The van der Waals surface area contributed by atoms with Gasteiger partial charge in [0.1, 0.15) is 10.6 Å². The number of aryl methyl sites for hydroxylation is 1. The van der Waals surface area contributed by atoms with Crippen molar-refractivity contribution in [3.8, 4) is 0 Å². The minimum absolute atomic E-state index is 0. The van der Waals surface area contributed by atoms with E-state index in [-0.39, 0.29) is 24.0 Å². The standard InChI is InChI=1S/C23H28N4OS.HI/c1-3-24-22(26-16-21-25-15-18(2)29-21)27-17-23(28,20-12-8-5-9-13-20)14-19-10-6-4-7-11-19;/h4-13,15,28H,3,14,16-17H2,1-2H3,(H2,24,26,27);1H. The average Bonchev–Trinajstić information content (AvgIpc) is 3.17. The second-order valence-corrected chi connectivity index (χ2v) is 8.29. The number of aliphatic hydroxyl groups is 1. The molecule has 0 bridgehead atoms. The largest absolute Gasteiger partial charge is 0.383 e. The predicted molar refractivity (Wildman–Crippen MR) is 136 cm³/mol. The molecule has 30 heavy (non-hydrogen) atoms. The molecule has 0 fully saturated rings. The van der Waals surface area contributed by atoms with Crippen LogP contribution in [0.1, 0.15) is 27.9 Å². The van der Waals surface area contributed by atoms with Crippen LogP contribution in [0, 0.1) is 6.92 Å². The Bertz CT molecular complexity index is 917. The third-order valence-electron chi connectivity index (χ3n) is 4.58. The number of halogens is 1. The smallest absolute Gasteiger partial charge is 0.191 e. The van der Waals surface area contributed by atoms with E-state index >= 15 is 0 Å². The van der Waals surface area contributed by atoms with E-state index in [9.17, 15) is 5.11 Å². The van der Waals surface area contributed by atoms with E-state index in [1.807, 2.05) is 80.7 Å². The van der Waals surface area contributed by atoms with Crippen LogP contribution in [0.3, 0.4) is 0 Å². The molecule has 0 aliphatic carbocycles. The number of benzene rings is 2. The normalized spacial score (nSPS) is 13.2. The Morgan fingerprint density at radius 3 is 2.33 bits per heavy atom. The van der Waals surface area contributed by atoms with Crippen LogP contribution >= 0.6 is 35.3 Å². The number of nitrogens with zero attached hydrogens (tertiary/aromatic N) is 2. The summed E-state index contributed by atoms with van der Waals surface area (Å²) in [6.07, 6.45) is 2.37. The quantitative estimate of drug-likeness (QED) is 0.229. The van der Waals surface area contributed by atoms with Crippen molar-refractivity contribution in [2.24, 2.45) is 4.99 Å². The molecule has 0 amide bonds. The maximum Gasteiger partial charge on any atom is 0.191 e. The summed E-state index contributed by atoms with van der Waals surface area (Å²) in [6.45, 7) is 5.66. The molecule has 160 valence electrons. The molecule has 5 nitrogen and oxygen atoms in total. The minimum Gasteiger partial charge on any atom is -0.383 e. The summed E-state index contributed by atoms with van der Waals surface area (Å²) in [5.41, 5.74) is 0.903. The molecular formula is C23H29IN4OS. The molecule has 0 aliphatic heterocycles. The van der Waals surface area contributed by atoms with Gasteiger partial charge in [-0.25, -0.2) is 9.98 Å². The van der Waals surface area contributed by atoms with Crippen molar-refractivity contribution in [3.05, 3.63) is 87.9 Å². The number of hydrogen-bond acceptors (Lipinski definition) is 4. The molecule has 0 saturated heterocycles. The number of aromatic nitrogens is 1. The van der Waals surface area contributed by atoms with Crippen molar-refractivity contribution >= 4 is 41.3 Å². The van der Waals surface area contributed by atoms with Gasteiger partial charge in [-0.3, -0.25) is 0 Å². The van der Waals surface area contributed by atoms with E-state index in [0.29, 0.717) is 25.5 Å². The molecule has 0 saturated carbocycles. The number of rotatable bonds is 8. The van der Waals surface area contributed by atoms with Crippen LogP contribution in [0.4, 0.5) is 0 Å². The molecular weight excluding hydrogens is 507 g/mol. The summed E-state index contributed by atoms with van der Waals surface area (Å²) in [7, 11) is 0. The van der Waals surface area contributed by atoms with Gasteiger partial charge >= 0.3 is 0 Å². The van der Waals surface area contributed by atoms with Crippen molar-refractivity contribution in [3.63, 3.8) is 0 Å². The highest BCUT2D eigenvalue weighted by molar-refractivity contribution is 14.0. The van der Waals surface area contributed by atoms with Gasteiger partial charge in [-0.2, -0.15) is 0 Å². The summed E-state index contributed by atoms with van der Waals surface area (Å²) in [6, 6.07) is 19.9. The van der Waals surface area contributed by atoms with Gasteiger partial charge in [0, 0.05) is 24.0 Å². The van der Waals surface area contributed by atoms with Crippen LogP contribution in [0.15, 0.2) is 71.9 Å². The Morgan fingerprint density at radius 1 is 1.07 bits per heavy atom. The summed E-state index contributed by atoms with van der Waals surface area (Å²) >= 11 is 1.65. The highest BCUT2D eigenvalue weighted by Crippen LogP contribution is 2.25. The summed E-state index contributed by atoms with van der Waals surface area (Å²) in [5, 5.41) is 19.1. The molecule has 1 aromatic heterocycles. The van der Waals surface area contributed by atoms with Crippen LogP contribution in [0.25, 0.3) is 0 Å². The van der Waals surface area contributed by atoms with Gasteiger partial charge in [-0.05, 0) is 25.0 Å². The Balaban J connectivity index is 0.00000320. The molecule has 0 radical (unpaired) electrons. The first-order valence-corrected chi connectivity index (χ1v) is 10.7. The second-order valence-electron chi connectivity index (χ2n) is 6.97. The Hall–Kier alpha value is -1.97. The third kappa shape index (κ3) is 7.07. The van der Waals surface area contributed by atoms with Gasteiger partial charge in [0.25, 0.3) is 0 Å². The topological polar surface area (TPSA) is 69.5 Å². The number of thiazole rings is 1. The molecule has 1 atom stereocenters. The van der Waals surface area contributed by atoms with E-state index in [2.05, 4.69) is 20.6 Å². The van der Waals surface area contributed by atoms with E-state index in [0.717, 1.165) is 22.7 Å². The molecule has 1 heterocycles. The fraction of sp³-hybridized carbons (Fsp3) is 0.304. The number of guanidine groups is 1. The zero-order chi connectivity index (χ0) is 20.5. The minimum atomic E-state index is -1.06. The maximum absolute atomic E-state index is 11.6. The Labute approximate surface area is 199 Å². The van der Waals surface area contributed by atoms with Crippen LogP contribution in [-0.2, 0) is 18.6 Å². The lowest BCUT2D eigenvalue weighted by atomic mass is 9.87. The summed E-state index contributed by atoms with van der Waals surface area (Å²) < 4.78 is 0. The van der Waals surface area contributed by atoms with E-state index in [1.54, 1.807) is 11.3 Å². The van der Waals surface area contributed by atoms with Crippen LogP contribution < -0.4 is 10.6 Å². The predicted octanol–water partition coefficient (Wildman–Crippen LogP) is 4.26. The lowest BCUT2D eigenvalue weighted by molar-refractivity contribution is 0.0414. The molecule has 3 rings (SSSR count).